The molecule has 6 rings (SSSR count). The van der Waals surface area contributed by atoms with Gasteiger partial charge in [0.25, 0.3) is 0 Å². The van der Waals surface area contributed by atoms with Gasteiger partial charge < -0.3 is 10.2 Å². The number of hydrogen-bond donors (Lipinski definition) is 1. The number of carbonyl (C=O) groups excluding carboxylic acids is 3. The lowest BCUT2D eigenvalue weighted by Gasteiger charge is -2.37. The summed E-state index contributed by atoms with van der Waals surface area (Å²) in [5.41, 5.74) is 2.52. The zero-order chi connectivity index (χ0) is 23.6. The van der Waals surface area contributed by atoms with E-state index in [-0.39, 0.29) is 17.5 Å². The monoisotopic (exact) mass is 512 g/mol. The molecular formula is C28H21BrN2O3. The van der Waals surface area contributed by atoms with E-state index in [1.807, 2.05) is 77.7 Å². The van der Waals surface area contributed by atoms with Crippen LogP contribution in [0.25, 0.3) is 6.08 Å². The molecule has 1 amide bonds. The minimum Gasteiger partial charge on any atom is -0.352 e. The summed E-state index contributed by atoms with van der Waals surface area (Å²) >= 11 is 3.42. The number of carbonyl (C=O) groups is 3. The highest BCUT2D eigenvalue weighted by Gasteiger charge is 2.69. The van der Waals surface area contributed by atoms with Crippen molar-refractivity contribution in [3.63, 3.8) is 0 Å². The molecule has 0 aliphatic carbocycles. The second kappa shape index (κ2) is 7.50. The number of amides is 1. The second-order valence-corrected chi connectivity index (χ2v) is 9.96. The molecule has 3 aromatic rings. The molecule has 6 heteroatoms. The predicted molar refractivity (Wildman–Crippen MR) is 135 cm³/mol. The lowest BCUT2D eigenvalue weighted by molar-refractivity contribution is -0.122. The van der Waals surface area contributed by atoms with Crippen molar-refractivity contribution in [3.05, 3.63) is 100 Å². The summed E-state index contributed by atoms with van der Waals surface area (Å²) < 4.78 is 0.853. The van der Waals surface area contributed by atoms with E-state index < -0.39 is 23.4 Å². The summed E-state index contributed by atoms with van der Waals surface area (Å²) in [7, 11) is 0. The van der Waals surface area contributed by atoms with E-state index in [4.69, 9.17) is 0 Å². The Balaban J connectivity index is 1.66. The van der Waals surface area contributed by atoms with Crippen molar-refractivity contribution < 1.29 is 14.4 Å². The molecule has 1 spiro atoms. The lowest BCUT2D eigenvalue weighted by atomic mass is 9.64. The van der Waals surface area contributed by atoms with E-state index in [1.54, 1.807) is 12.1 Å². The number of Topliss-reactive ketones (excluding diaryl/α,β-unsaturated/α-hetero) is 2. The fourth-order valence-electron chi connectivity index (χ4n) is 6.07. The maximum absolute atomic E-state index is 14.2. The molecule has 0 aromatic heterocycles. The van der Waals surface area contributed by atoms with Crippen LogP contribution in [0.1, 0.15) is 28.4 Å². The fraction of sp³-hybridized carbons (Fsp3) is 0.179. The number of nitrogens with zero attached hydrogens (tertiary/aromatic N) is 1. The normalized spacial score (nSPS) is 26.1. The van der Waals surface area contributed by atoms with Crippen molar-refractivity contribution in [1.82, 2.24) is 0 Å². The molecule has 168 valence electrons. The number of hydrogen-bond acceptors (Lipinski definition) is 4. The first kappa shape index (κ1) is 21.1. The molecule has 0 radical (unpaired) electrons. The van der Waals surface area contributed by atoms with Crippen LogP contribution in [-0.4, -0.2) is 29.6 Å². The molecule has 4 atom stereocenters. The number of ketones is 2. The molecule has 0 unspecified atom stereocenters. The van der Waals surface area contributed by atoms with Crippen LogP contribution >= 0.6 is 15.9 Å². The van der Waals surface area contributed by atoms with Crippen molar-refractivity contribution >= 4 is 50.9 Å². The highest BCUT2D eigenvalue weighted by atomic mass is 79.9. The van der Waals surface area contributed by atoms with Gasteiger partial charge >= 0.3 is 0 Å². The maximum Gasteiger partial charge on any atom is 0.238 e. The maximum atomic E-state index is 14.2. The SMILES string of the molecule is CC(=O)[C@H]1[C@H](C(=O)c2ccc(Br)cc2)[C@@]2(C(=O)Nc3ccccc32)[C@H]2C=Cc3ccccc3N12. The molecule has 3 heterocycles. The second-order valence-electron chi connectivity index (χ2n) is 9.04. The van der Waals surface area contributed by atoms with Crippen LogP contribution in [0.4, 0.5) is 11.4 Å². The molecule has 5 nitrogen and oxygen atoms in total. The van der Waals surface area contributed by atoms with Gasteiger partial charge in [0, 0.05) is 21.4 Å². The Morgan fingerprint density at radius 2 is 1.68 bits per heavy atom. The van der Waals surface area contributed by atoms with Crippen LogP contribution in [0.2, 0.25) is 0 Å². The number of rotatable bonds is 3. The Kier molecular flexibility index (Phi) is 4.64. The van der Waals surface area contributed by atoms with E-state index in [2.05, 4.69) is 21.2 Å². The van der Waals surface area contributed by atoms with E-state index in [9.17, 15) is 14.4 Å². The van der Waals surface area contributed by atoms with Gasteiger partial charge in [-0.05, 0) is 42.3 Å². The van der Waals surface area contributed by atoms with Gasteiger partial charge in [0.15, 0.2) is 11.6 Å². The third-order valence-electron chi connectivity index (χ3n) is 7.37. The average molecular weight is 513 g/mol. The van der Waals surface area contributed by atoms with E-state index in [1.165, 1.54) is 6.92 Å². The molecule has 1 N–H and O–H groups in total. The highest BCUT2D eigenvalue weighted by Crippen LogP contribution is 2.57. The van der Waals surface area contributed by atoms with Gasteiger partial charge in [0.2, 0.25) is 5.91 Å². The summed E-state index contributed by atoms with van der Waals surface area (Å²) in [6, 6.07) is 21.2. The third kappa shape index (κ3) is 2.69. The molecule has 3 aromatic carbocycles. The van der Waals surface area contributed by atoms with Crippen molar-refractivity contribution in [2.75, 3.05) is 10.2 Å². The van der Waals surface area contributed by atoms with Crippen LogP contribution in [-0.2, 0) is 15.0 Å². The Labute approximate surface area is 205 Å². The molecular weight excluding hydrogens is 492 g/mol. The summed E-state index contributed by atoms with van der Waals surface area (Å²) in [5.74, 6) is -1.48. The average Bonchev–Trinajstić information content (AvgIpc) is 3.32. The minimum atomic E-state index is -1.24. The first-order valence-corrected chi connectivity index (χ1v) is 12.0. The summed E-state index contributed by atoms with van der Waals surface area (Å²) in [5, 5.41) is 3.02. The minimum absolute atomic E-state index is 0.139. The molecule has 0 saturated carbocycles. The van der Waals surface area contributed by atoms with Crippen molar-refractivity contribution in [3.8, 4) is 0 Å². The van der Waals surface area contributed by atoms with Crippen LogP contribution < -0.4 is 10.2 Å². The number of para-hydroxylation sites is 2. The summed E-state index contributed by atoms with van der Waals surface area (Å²) in [6.07, 6.45) is 3.98. The highest BCUT2D eigenvalue weighted by molar-refractivity contribution is 9.10. The van der Waals surface area contributed by atoms with Crippen LogP contribution in [0, 0.1) is 5.92 Å². The third-order valence-corrected chi connectivity index (χ3v) is 7.90. The number of anilines is 2. The van der Waals surface area contributed by atoms with Gasteiger partial charge in [0.1, 0.15) is 5.41 Å². The van der Waals surface area contributed by atoms with Crippen molar-refractivity contribution in [2.45, 2.75) is 24.4 Å². The molecule has 3 aliphatic rings. The zero-order valence-electron chi connectivity index (χ0n) is 18.4. The van der Waals surface area contributed by atoms with Gasteiger partial charge in [-0.1, -0.05) is 76.6 Å². The van der Waals surface area contributed by atoms with Gasteiger partial charge in [0.05, 0.1) is 18.0 Å². The number of halogens is 1. The van der Waals surface area contributed by atoms with Crippen LogP contribution in [0.15, 0.2) is 83.3 Å². The zero-order valence-corrected chi connectivity index (χ0v) is 20.0. The van der Waals surface area contributed by atoms with E-state index in [0.29, 0.717) is 11.3 Å². The largest absolute Gasteiger partial charge is 0.352 e. The van der Waals surface area contributed by atoms with Crippen LogP contribution in [0.5, 0.6) is 0 Å². The molecule has 34 heavy (non-hydrogen) atoms. The number of nitrogens with one attached hydrogen (secondary N) is 1. The van der Waals surface area contributed by atoms with Crippen LogP contribution in [0.3, 0.4) is 0 Å². The smallest absolute Gasteiger partial charge is 0.238 e. The number of fused-ring (bicyclic) bond motifs is 6. The standard InChI is InChI=1S/C28H21BrN2O3/c1-16(32)25-24(26(33)18-10-13-19(29)14-11-18)28(20-7-3-4-8-21(20)30-27(28)34)23-15-12-17-6-2-5-9-22(17)31(23)25/h2-15,23-25H,1H3,(H,30,34)/t23-,24-,25+,28+/m1/s1. The first-order valence-electron chi connectivity index (χ1n) is 11.2. The fourth-order valence-corrected chi connectivity index (χ4v) is 6.33. The molecule has 1 saturated heterocycles. The summed E-state index contributed by atoms with van der Waals surface area (Å²) in [4.78, 5) is 43.5. The Bertz CT molecular complexity index is 1400. The Morgan fingerprint density at radius 1 is 0.971 bits per heavy atom. The van der Waals surface area contributed by atoms with E-state index in [0.717, 1.165) is 21.3 Å². The van der Waals surface area contributed by atoms with E-state index >= 15 is 0 Å². The van der Waals surface area contributed by atoms with Crippen molar-refractivity contribution in [1.29, 1.82) is 0 Å². The molecule has 3 aliphatic heterocycles. The summed E-state index contributed by atoms with van der Waals surface area (Å²) in [6.45, 7) is 1.52. The quantitative estimate of drug-likeness (QED) is 0.500. The van der Waals surface area contributed by atoms with Crippen molar-refractivity contribution in [2.24, 2.45) is 5.92 Å². The lowest BCUT2D eigenvalue weighted by Crippen LogP contribution is -2.51. The van der Waals surface area contributed by atoms with Gasteiger partial charge in [-0.2, -0.15) is 0 Å². The van der Waals surface area contributed by atoms with Gasteiger partial charge in [-0.15, -0.1) is 0 Å². The Morgan fingerprint density at radius 3 is 2.44 bits per heavy atom. The van der Waals surface area contributed by atoms with Gasteiger partial charge in [-0.25, -0.2) is 0 Å². The Hall–Kier alpha value is -3.51. The first-order chi connectivity index (χ1) is 16.4. The van der Waals surface area contributed by atoms with Gasteiger partial charge in [-0.3, -0.25) is 14.4 Å². The predicted octanol–water partition coefficient (Wildman–Crippen LogP) is 5.01. The number of benzene rings is 3. The topological polar surface area (TPSA) is 66.5 Å². The molecule has 0 bridgehead atoms. The molecule has 1 fully saturated rings.